The van der Waals surface area contributed by atoms with Gasteiger partial charge in [-0.3, -0.25) is 4.79 Å². The van der Waals surface area contributed by atoms with Crippen LogP contribution in [0.1, 0.15) is 26.3 Å². The van der Waals surface area contributed by atoms with Crippen molar-refractivity contribution in [3.05, 3.63) is 83.7 Å². The fourth-order valence-electron chi connectivity index (χ4n) is 2.52. The molecule has 2 aromatic carbocycles. The Balaban J connectivity index is 1.52. The first kappa shape index (κ1) is 18.3. The highest BCUT2D eigenvalue weighted by atomic mass is 16.5. The van der Waals surface area contributed by atoms with Crippen LogP contribution in [0.25, 0.3) is 11.4 Å². The van der Waals surface area contributed by atoms with Gasteiger partial charge in [-0.15, -0.1) is 0 Å². The van der Waals surface area contributed by atoms with Crippen LogP contribution in [0.5, 0.6) is 0 Å². The van der Waals surface area contributed by atoms with Crippen LogP contribution in [0.15, 0.2) is 67.0 Å². The smallest absolute Gasteiger partial charge is 0.337 e. The fraction of sp³-hybridized carbons (Fsp3) is 0.143. The van der Waals surface area contributed by atoms with E-state index >= 15 is 0 Å². The average Bonchev–Trinajstić information content (AvgIpc) is 2.74. The van der Waals surface area contributed by atoms with Gasteiger partial charge in [0.25, 0.3) is 5.91 Å². The number of nitrogens with one attached hydrogen (secondary N) is 1. The molecule has 0 unspecified atom stereocenters. The van der Waals surface area contributed by atoms with Crippen molar-refractivity contribution in [1.29, 1.82) is 0 Å². The van der Waals surface area contributed by atoms with Crippen LogP contribution in [0.4, 0.5) is 0 Å². The zero-order chi connectivity index (χ0) is 19.1. The number of hydrogen-bond acceptors (Lipinski definition) is 5. The van der Waals surface area contributed by atoms with Crippen molar-refractivity contribution in [2.75, 3.05) is 13.7 Å². The van der Waals surface area contributed by atoms with Gasteiger partial charge < -0.3 is 10.1 Å². The van der Waals surface area contributed by atoms with Gasteiger partial charge in [0, 0.05) is 30.1 Å². The van der Waals surface area contributed by atoms with Crippen molar-refractivity contribution in [3.63, 3.8) is 0 Å². The summed E-state index contributed by atoms with van der Waals surface area (Å²) in [6.45, 7) is 0.464. The monoisotopic (exact) mass is 361 g/mol. The number of aromatic nitrogens is 2. The lowest BCUT2D eigenvalue weighted by atomic mass is 10.1. The van der Waals surface area contributed by atoms with Crippen molar-refractivity contribution in [2.24, 2.45) is 0 Å². The van der Waals surface area contributed by atoms with E-state index in [-0.39, 0.29) is 5.91 Å². The number of benzene rings is 2. The third-order valence-corrected chi connectivity index (χ3v) is 4.00. The first-order chi connectivity index (χ1) is 13.2. The number of hydrogen-bond donors (Lipinski definition) is 1. The SMILES string of the molecule is COC(=O)c1ccc(C(=O)NCCc2cnc(-c3ccccc3)nc2)cc1. The molecule has 0 radical (unpaired) electrons. The molecule has 0 aliphatic rings. The molecular formula is C21H19N3O3. The zero-order valence-electron chi connectivity index (χ0n) is 14.9. The minimum absolute atomic E-state index is 0.201. The van der Waals surface area contributed by atoms with E-state index in [1.54, 1.807) is 36.7 Å². The van der Waals surface area contributed by atoms with Gasteiger partial charge >= 0.3 is 5.97 Å². The van der Waals surface area contributed by atoms with Crippen LogP contribution < -0.4 is 5.32 Å². The molecule has 0 spiro atoms. The number of esters is 1. The second-order valence-corrected chi connectivity index (χ2v) is 5.86. The molecule has 6 nitrogen and oxygen atoms in total. The van der Waals surface area contributed by atoms with E-state index in [9.17, 15) is 9.59 Å². The van der Waals surface area contributed by atoms with E-state index < -0.39 is 5.97 Å². The predicted octanol–water partition coefficient (Wildman–Crippen LogP) is 2.90. The highest BCUT2D eigenvalue weighted by molar-refractivity contribution is 5.96. The Morgan fingerprint density at radius 1 is 0.926 bits per heavy atom. The molecule has 1 amide bonds. The van der Waals surface area contributed by atoms with Gasteiger partial charge in [-0.05, 0) is 36.2 Å². The number of carbonyl (C=O) groups excluding carboxylic acids is 2. The van der Waals surface area contributed by atoms with Gasteiger partial charge in [-0.1, -0.05) is 30.3 Å². The molecule has 6 heteroatoms. The topological polar surface area (TPSA) is 81.2 Å². The summed E-state index contributed by atoms with van der Waals surface area (Å²) in [5.41, 5.74) is 2.80. The van der Waals surface area contributed by atoms with Crippen LogP contribution in [0.2, 0.25) is 0 Å². The highest BCUT2D eigenvalue weighted by Crippen LogP contribution is 2.13. The maximum absolute atomic E-state index is 12.2. The minimum Gasteiger partial charge on any atom is -0.465 e. The standard InChI is InChI=1S/C21H19N3O3/c1-27-21(26)18-9-7-17(8-10-18)20(25)22-12-11-15-13-23-19(24-14-15)16-5-3-2-4-6-16/h2-10,13-14H,11-12H2,1H3,(H,22,25). The zero-order valence-corrected chi connectivity index (χ0v) is 14.9. The Morgan fingerprint density at radius 2 is 1.56 bits per heavy atom. The molecule has 3 aromatic rings. The van der Waals surface area contributed by atoms with Gasteiger partial charge in [0.2, 0.25) is 0 Å². The van der Waals surface area contributed by atoms with Crippen molar-refractivity contribution < 1.29 is 14.3 Å². The van der Waals surface area contributed by atoms with E-state index in [4.69, 9.17) is 0 Å². The fourth-order valence-corrected chi connectivity index (χ4v) is 2.52. The van der Waals surface area contributed by atoms with Crippen molar-refractivity contribution in [3.8, 4) is 11.4 Å². The first-order valence-corrected chi connectivity index (χ1v) is 8.50. The molecule has 0 saturated heterocycles. The van der Waals surface area contributed by atoms with Gasteiger partial charge in [0.1, 0.15) is 0 Å². The number of nitrogens with zero attached hydrogens (tertiary/aromatic N) is 2. The normalized spacial score (nSPS) is 10.3. The van der Waals surface area contributed by atoms with Crippen molar-refractivity contribution >= 4 is 11.9 Å². The Labute approximate surface area is 157 Å². The number of ether oxygens (including phenoxy) is 1. The number of rotatable bonds is 6. The summed E-state index contributed by atoms with van der Waals surface area (Å²) in [5.74, 6) is 0.0447. The molecule has 1 N–H and O–H groups in total. The lowest BCUT2D eigenvalue weighted by molar-refractivity contribution is 0.0600. The summed E-state index contributed by atoms with van der Waals surface area (Å²) in [6, 6.07) is 16.1. The molecule has 0 bridgehead atoms. The maximum Gasteiger partial charge on any atom is 0.337 e. The summed E-state index contributed by atoms with van der Waals surface area (Å²) >= 11 is 0. The number of carbonyl (C=O) groups is 2. The van der Waals surface area contributed by atoms with Crippen molar-refractivity contribution in [1.82, 2.24) is 15.3 Å². The van der Waals surface area contributed by atoms with Gasteiger partial charge in [-0.25, -0.2) is 14.8 Å². The molecule has 27 heavy (non-hydrogen) atoms. The number of methoxy groups -OCH3 is 1. The Kier molecular flexibility index (Phi) is 5.89. The molecule has 136 valence electrons. The number of amides is 1. The molecule has 3 rings (SSSR count). The molecule has 0 saturated carbocycles. The Bertz CT molecular complexity index is 908. The van der Waals surface area contributed by atoms with E-state index in [0.717, 1.165) is 11.1 Å². The average molecular weight is 361 g/mol. The largest absolute Gasteiger partial charge is 0.465 e. The van der Waals surface area contributed by atoms with E-state index in [2.05, 4.69) is 20.0 Å². The summed E-state index contributed by atoms with van der Waals surface area (Å²) in [7, 11) is 1.32. The second kappa shape index (κ2) is 8.71. The molecular weight excluding hydrogens is 342 g/mol. The van der Waals surface area contributed by atoms with Gasteiger partial charge in [0.15, 0.2) is 5.82 Å². The Morgan fingerprint density at radius 3 is 2.19 bits per heavy atom. The molecule has 0 aliphatic carbocycles. The van der Waals surface area contributed by atoms with Crippen molar-refractivity contribution in [2.45, 2.75) is 6.42 Å². The second-order valence-electron chi connectivity index (χ2n) is 5.86. The third kappa shape index (κ3) is 4.76. The van der Waals surface area contributed by atoms with E-state index in [1.807, 2.05) is 30.3 Å². The van der Waals surface area contributed by atoms with Gasteiger partial charge in [-0.2, -0.15) is 0 Å². The van der Waals surface area contributed by atoms with E-state index in [1.165, 1.54) is 7.11 Å². The highest BCUT2D eigenvalue weighted by Gasteiger charge is 2.09. The quantitative estimate of drug-likeness (QED) is 0.683. The molecule has 0 atom stereocenters. The van der Waals surface area contributed by atoms with Crippen LogP contribution in [-0.2, 0) is 11.2 Å². The van der Waals surface area contributed by atoms with Crippen LogP contribution in [0.3, 0.4) is 0 Å². The lowest BCUT2D eigenvalue weighted by Gasteiger charge is -2.06. The van der Waals surface area contributed by atoms with Crippen LogP contribution in [-0.4, -0.2) is 35.5 Å². The van der Waals surface area contributed by atoms with E-state index in [0.29, 0.717) is 29.9 Å². The summed E-state index contributed by atoms with van der Waals surface area (Å²) < 4.78 is 4.64. The third-order valence-electron chi connectivity index (χ3n) is 4.00. The summed E-state index contributed by atoms with van der Waals surface area (Å²) in [5, 5.41) is 2.85. The molecule has 1 heterocycles. The summed E-state index contributed by atoms with van der Waals surface area (Å²) in [6.07, 6.45) is 4.17. The lowest BCUT2D eigenvalue weighted by Crippen LogP contribution is -2.25. The maximum atomic E-state index is 12.2. The summed E-state index contributed by atoms with van der Waals surface area (Å²) in [4.78, 5) is 32.3. The molecule has 0 fully saturated rings. The molecule has 0 aliphatic heterocycles. The molecule has 1 aromatic heterocycles. The van der Waals surface area contributed by atoms with Gasteiger partial charge in [0.05, 0.1) is 12.7 Å². The Hall–Kier alpha value is -3.54. The predicted molar refractivity (Wildman–Crippen MR) is 101 cm³/mol. The first-order valence-electron chi connectivity index (χ1n) is 8.50. The minimum atomic E-state index is -0.430. The van der Waals surface area contributed by atoms with Crippen LogP contribution in [0, 0.1) is 0 Å². The van der Waals surface area contributed by atoms with Crippen LogP contribution >= 0.6 is 0 Å².